The number of rotatable bonds is 2. The molecule has 14 heavy (non-hydrogen) atoms. The van der Waals surface area contributed by atoms with Gasteiger partial charge in [0.05, 0.1) is 6.10 Å². The molecule has 0 heterocycles. The zero-order chi connectivity index (χ0) is 9.97. The topological polar surface area (TPSA) is 46.2 Å². The van der Waals surface area contributed by atoms with Crippen LogP contribution in [0.15, 0.2) is 30.3 Å². The van der Waals surface area contributed by atoms with Crippen molar-refractivity contribution >= 4 is 0 Å². The monoisotopic (exact) mass is 191 g/mol. The van der Waals surface area contributed by atoms with E-state index in [0.717, 1.165) is 24.8 Å². The maximum absolute atomic E-state index is 10.1. The average Bonchev–Trinajstić information content (AvgIpc) is 2.65. The van der Waals surface area contributed by atoms with Crippen LogP contribution in [0.2, 0.25) is 0 Å². The SMILES string of the molecule is NC1CCCC1C(O)c1ccccc1. The van der Waals surface area contributed by atoms with Crippen molar-refractivity contribution in [2.24, 2.45) is 11.7 Å². The van der Waals surface area contributed by atoms with Crippen molar-refractivity contribution in [3.8, 4) is 0 Å². The van der Waals surface area contributed by atoms with E-state index in [-0.39, 0.29) is 18.1 Å². The van der Waals surface area contributed by atoms with E-state index in [4.69, 9.17) is 5.73 Å². The number of nitrogens with two attached hydrogens (primary N) is 1. The molecule has 0 amide bonds. The van der Waals surface area contributed by atoms with Crippen LogP contribution in [0.5, 0.6) is 0 Å². The Balaban J connectivity index is 2.12. The van der Waals surface area contributed by atoms with Gasteiger partial charge < -0.3 is 10.8 Å². The van der Waals surface area contributed by atoms with Gasteiger partial charge in [0.2, 0.25) is 0 Å². The number of hydrogen-bond acceptors (Lipinski definition) is 2. The zero-order valence-electron chi connectivity index (χ0n) is 8.26. The summed E-state index contributed by atoms with van der Waals surface area (Å²) in [7, 11) is 0. The van der Waals surface area contributed by atoms with Crippen LogP contribution >= 0.6 is 0 Å². The van der Waals surface area contributed by atoms with Gasteiger partial charge in [0, 0.05) is 12.0 Å². The average molecular weight is 191 g/mol. The predicted molar refractivity (Wildman–Crippen MR) is 56.7 cm³/mol. The molecule has 0 bridgehead atoms. The Morgan fingerprint density at radius 1 is 1.21 bits per heavy atom. The van der Waals surface area contributed by atoms with Gasteiger partial charge in [-0.3, -0.25) is 0 Å². The summed E-state index contributed by atoms with van der Waals surface area (Å²) in [5.41, 5.74) is 6.95. The zero-order valence-corrected chi connectivity index (χ0v) is 8.26. The molecule has 3 atom stereocenters. The summed E-state index contributed by atoms with van der Waals surface area (Å²) in [5.74, 6) is 0.248. The summed E-state index contributed by atoms with van der Waals surface area (Å²) >= 11 is 0. The standard InChI is InChI=1S/C12H17NO/c13-11-8-4-7-10(11)12(14)9-5-2-1-3-6-9/h1-3,5-6,10-12,14H,4,7-8,13H2. The first-order valence-corrected chi connectivity index (χ1v) is 5.27. The molecule has 0 radical (unpaired) electrons. The normalized spacial score (nSPS) is 29.0. The highest BCUT2D eigenvalue weighted by molar-refractivity contribution is 5.18. The van der Waals surface area contributed by atoms with Gasteiger partial charge in [-0.15, -0.1) is 0 Å². The van der Waals surface area contributed by atoms with Crippen LogP contribution in [0, 0.1) is 5.92 Å². The van der Waals surface area contributed by atoms with Gasteiger partial charge in [-0.25, -0.2) is 0 Å². The van der Waals surface area contributed by atoms with E-state index in [1.807, 2.05) is 30.3 Å². The highest BCUT2D eigenvalue weighted by Gasteiger charge is 2.30. The second-order valence-electron chi connectivity index (χ2n) is 4.11. The van der Waals surface area contributed by atoms with Crippen molar-refractivity contribution in [1.82, 2.24) is 0 Å². The summed E-state index contributed by atoms with van der Waals surface area (Å²) in [6, 6.07) is 9.99. The predicted octanol–water partition coefficient (Wildman–Crippen LogP) is 1.85. The summed E-state index contributed by atoms with van der Waals surface area (Å²) in [4.78, 5) is 0. The molecule has 0 saturated heterocycles. The molecule has 1 aliphatic rings. The molecule has 2 heteroatoms. The maximum Gasteiger partial charge on any atom is 0.0832 e. The quantitative estimate of drug-likeness (QED) is 0.749. The Morgan fingerprint density at radius 3 is 2.50 bits per heavy atom. The fourth-order valence-corrected chi connectivity index (χ4v) is 2.31. The maximum atomic E-state index is 10.1. The number of aliphatic hydroxyl groups is 1. The summed E-state index contributed by atoms with van der Waals surface area (Å²) in [6.07, 6.45) is 2.87. The third-order valence-corrected chi connectivity index (χ3v) is 3.17. The third kappa shape index (κ3) is 1.81. The van der Waals surface area contributed by atoms with Crippen molar-refractivity contribution < 1.29 is 5.11 Å². The summed E-state index contributed by atoms with van der Waals surface area (Å²) in [6.45, 7) is 0. The smallest absolute Gasteiger partial charge is 0.0832 e. The van der Waals surface area contributed by atoms with E-state index in [1.165, 1.54) is 0 Å². The fourth-order valence-electron chi connectivity index (χ4n) is 2.31. The molecule has 1 aromatic carbocycles. The minimum Gasteiger partial charge on any atom is -0.388 e. The first kappa shape index (κ1) is 9.69. The lowest BCUT2D eigenvalue weighted by molar-refractivity contribution is 0.103. The second-order valence-corrected chi connectivity index (χ2v) is 4.11. The van der Waals surface area contributed by atoms with Crippen LogP contribution in [0.25, 0.3) is 0 Å². The van der Waals surface area contributed by atoms with Crippen LogP contribution in [0.1, 0.15) is 30.9 Å². The molecule has 76 valence electrons. The van der Waals surface area contributed by atoms with Gasteiger partial charge >= 0.3 is 0 Å². The molecule has 1 aliphatic carbocycles. The van der Waals surface area contributed by atoms with E-state index in [0.29, 0.717) is 0 Å². The number of aliphatic hydroxyl groups excluding tert-OH is 1. The van der Waals surface area contributed by atoms with Crippen molar-refractivity contribution in [1.29, 1.82) is 0 Å². The van der Waals surface area contributed by atoms with Gasteiger partial charge in [-0.2, -0.15) is 0 Å². The van der Waals surface area contributed by atoms with Crippen molar-refractivity contribution in [2.45, 2.75) is 31.4 Å². The lowest BCUT2D eigenvalue weighted by atomic mass is 9.92. The molecular weight excluding hydrogens is 174 g/mol. The lowest BCUT2D eigenvalue weighted by Crippen LogP contribution is -2.29. The molecule has 0 spiro atoms. The minimum absolute atomic E-state index is 0.171. The first-order valence-electron chi connectivity index (χ1n) is 5.27. The Kier molecular flexibility index (Phi) is 2.85. The molecule has 3 N–H and O–H groups in total. The van der Waals surface area contributed by atoms with E-state index in [1.54, 1.807) is 0 Å². The van der Waals surface area contributed by atoms with Crippen molar-refractivity contribution in [3.05, 3.63) is 35.9 Å². The van der Waals surface area contributed by atoms with Gasteiger partial charge in [-0.05, 0) is 18.4 Å². The number of benzene rings is 1. The molecule has 0 aliphatic heterocycles. The molecule has 2 rings (SSSR count). The molecule has 1 aromatic rings. The summed E-state index contributed by atoms with van der Waals surface area (Å²) in [5, 5.41) is 10.1. The molecule has 2 nitrogen and oxygen atoms in total. The first-order chi connectivity index (χ1) is 6.79. The fraction of sp³-hybridized carbons (Fsp3) is 0.500. The van der Waals surface area contributed by atoms with Gasteiger partial charge in [0.15, 0.2) is 0 Å². The largest absolute Gasteiger partial charge is 0.388 e. The van der Waals surface area contributed by atoms with Gasteiger partial charge in [-0.1, -0.05) is 36.8 Å². The Labute approximate surface area is 84.7 Å². The highest BCUT2D eigenvalue weighted by atomic mass is 16.3. The number of hydrogen-bond donors (Lipinski definition) is 2. The molecule has 0 aromatic heterocycles. The van der Waals surface area contributed by atoms with E-state index >= 15 is 0 Å². The summed E-state index contributed by atoms with van der Waals surface area (Å²) < 4.78 is 0. The van der Waals surface area contributed by atoms with Crippen LogP contribution < -0.4 is 5.73 Å². The highest BCUT2D eigenvalue weighted by Crippen LogP contribution is 2.34. The second kappa shape index (κ2) is 4.11. The molecule has 1 fully saturated rings. The Hall–Kier alpha value is -0.860. The van der Waals surface area contributed by atoms with Crippen LogP contribution in [0.4, 0.5) is 0 Å². The van der Waals surface area contributed by atoms with E-state index in [9.17, 15) is 5.11 Å². The lowest BCUT2D eigenvalue weighted by Gasteiger charge is -2.22. The van der Waals surface area contributed by atoms with Gasteiger partial charge in [0.1, 0.15) is 0 Å². The van der Waals surface area contributed by atoms with Gasteiger partial charge in [0.25, 0.3) is 0 Å². The van der Waals surface area contributed by atoms with E-state index in [2.05, 4.69) is 0 Å². The minimum atomic E-state index is -0.381. The van der Waals surface area contributed by atoms with Crippen LogP contribution in [-0.2, 0) is 0 Å². The van der Waals surface area contributed by atoms with Crippen LogP contribution in [-0.4, -0.2) is 11.1 Å². The Bertz CT molecular complexity index is 286. The molecular formula is C12H17NO. The van der Waals surface area contributed by atoms with Crippen LogP contribution in [0.3, 0.4) is 0 Å². The van der Waals surface area contributed by atoms with E-state index < -0.39 is 0 Å². The van der Waals surface area contributed by atoms with Crippen molar-refractivity contribution in [3.63, 3.8) is 0 Å². The molecule has 1 saturated carbocycles. The van der Waals surface area contributed by atoms with Crippen molar-refractivity contribution in [2.75, 3.05) is 0 Å². The Morgan fingerprint density at radius 2 is 1.93 bits per heavy atom. The molecule has 3 unspecified atom stereocenters. The third-order valence-electron chi connectivity index (χ3n) is 3.17.